The lowest BCUT2D eigenvalue weighted by Crippen LogP contribution is -2.29. The third-order valence-electron chi connectivity index (χ3n) is 2.00. The molecule has 0 aliphatic carbocycles. The van der Waals surface area contributed by atoms with Crippen molar-refractivity contribution in [3.8, 4) is 0 Å². The van der Waals surface area contributed by atoms with Crippen LogP contribution in [0.15, 0.2) is 6.20 Å². The van der Waals surface area contributed by atoms with Gasteiger partial charge in [-0.25, -0.2) is 4.79 Å². The average Bonchev–Trinajstić information content (AvgIpc) is 2.43. The third kappa shape index (κ3) is 2.88. The summed E-state index contributed by atoms with van der Waals surface area (Å²) in [5, 5.41) is 15.3. The van der Waals surface area contributed by atoms with E-state index in [0.29, 0.717) is 6.29 Å². The van der Waals surface area contributed by atoms with Crippen LogP contribution in [0.5, 0.6) is 0 Å². The van der Waals surface area contributed by atoms with Gasteiger partial charge < -0.3 is 10.4 Å². The number of carbonyl (C=O) groups excluding carboxylic acids is 1. The number of nitrogens with zero attached hydrogens (tertiary/aromatic N) is 2. The van der Waals surface area contributed by atoms with Gasteiger partial charge in [-0.1, -0.05) is 0 Å². The SMILES string of the molecule is C1CNC1.Cn1ncc(C=O)c1C(=O)O. The summed E-state index contributed by atoms with van der Waals surface area (Å²) in [4.78, 5) is 20.7. The van der Waals surface area contributed by atoms with Crippen molar-refractivity contribution in [2.45, 2.75) is 6.42 Å². The van der Waals surface area contributed by atoms with E-state index in [1.54, 1.807) is 0 Å². The highest BCUT2D eigenvalue weighted by Gasteiger charge is 2.14. The number of rotatable bonds is 2. The first-order valence-electron chi connectivity index (χ1n) is 4.58. The molecule has 1 aliphatic rings. The van der Waals surface area contributed by atoms with Crippen LogP contribution in [0.4, 0.5) is 0 Å². The van der Waals surface area contributed by atoms with Gasteiger partial charge in [0.15, 0.2) is 12.0 Å². The zero-order valence-electron chi connectivity index (χ0n) is 8.43. The topological polar surface area (TPSA) is 84.2 Å². The van der Waals surface area contributed by atoms with E-state index in [4.69, 9.17) is 5.11 Å². The van der Waals surface area contributed by atoms with Gasteiger partial charge in [0.2, 0.25) is 0 Å². The fraction of sp³-hybridized carbons (Fsp3) is 0.444. The van der Waals surface area contributed by atoms with Crippen LogP contribution in [-0.2, 0) is 7.05 Å². The van der Waals surface area contributed by atoms with Crippen LogP contribution >= 0.6 is 0 Å². The number of carboxylic acid groups (broad SMARTS) is 1. The molecule has 0 spiro atoms. The minimum atomic E-state index is -1.15. The Hall–Kier alpha value is -1.69. The first-order chi connectivity index (χ1) is 7.16. The summed E-state index contributed by atoms with van der Waals surface area (Å²) in [6.07, 6.45) is 3.08. The maximum atomic E-state index is 10.4. The van der Waals surface area contributed by atoms with E-state index in [2.05, 4.69) is 10.4 Å². The Labute approximate surface area is 86.9 Å². The number of hydrogen-bond acceptors (Lipinski definition) is 4. The Kier molecular flexibility index (Phi) is 3.99. The van der Waals surface area contributed by atoms with Crippen LogP contribution in [-0.4, -0.2) is 40.2 Å². The normalized spacial score (nSPS) is 13.4. The molecule has 0 saturated carbocycles. The van der Waals surface area contributed by atoms with Gasteiger partial charge in [-0.3, -0.25) is 9.48 Å². The highest BCUT2D eigenvalue weighted by atomic mass is 16.4. The molecule has 2 heterocycles. The molecule has 0 bridgehead atoms. The molecule has 15 heavy (non-hydrogen) atoms. The monoisotopic (exact) mass is 211 g/mol. The highest BCUT2D eigenvalue weighted by Crippen LogP contribution is 2.03. The van der Waals surface area contributed by atoms with E-state index >= 15 is 0 Å². The van der Waals surface area contributed by atoms with Gasteiger partial charge in [0.1, 0.15) is 0 Å². The number of aromatic carboxylic acids is 1. The number of aryl methyl sites for hydroxylation is 1. The van der Waals surface area contributed by atoms with Gasteiger partial charge in [0, 0.05) is 7.05 Å². The van der Waals surface area contributed by atoms with E-state index in [1.807, 2.05) is 0 Å². The Bertz CT molecular complexity index is 351. The fourth-order valence-corrected chi connectivity index (χ4v) is 0.979. The molecule has 6 heteroatoms. The zero-order chi connectivity index (χ0) is 11.3. The van der Waals surface area contributed by atoms with Gasteiger partial charge in [0.05, 0.1) is 11.8 Å². The van der Waals surface area contributed by atoms with Gasteiger partial charge in [0.25, 0.3) is 0 Å². The smallest absolute Gasteiger partial charge is 0.354 e. The average molecular weight is 211 g/mol. The van der Waals surface area contributed by atoms with Gasteiger partial charge in [-0.05, 0) is 19.5 Å². The summed E-state index contributed by atoms with van der Waals surface area (Å²) in [5.41, 5.74) is 0.0139. The molecule has 0 amide bonds. The van der Waals surface area contributed by atoms with E-state index in [-0.39, 0.29) is 11.3 Å². The van der Waals surface area contributed by atoms with Gasteiger partial charge in [-0.15, -0.1) is 0 Å². The van der Waals surface area contributed by atoms with Gasteiger partial charge in [-0.2, -0.15) is 5.10 Å². The maximum Gasteiger partial charge on any atom is 0.354 e. The zero-order valence-corrected chi connectivity index (χ0v) is 8.43. The number of aromatic nitrogens is 2. The van der Waals surface area contributed by atoms with Gasteiger partial charge >= 0.3 is 5.97 Å². The predicted molar refractivity (Wildman–Crippen MR) is 53.0 cm³/mol. The maximum absolute atomic E-state index is 10.4. The molecular formula is C9H13N3O3. The van der Waals surface area contributed by atoms with E-state index in [9.17, 15) is 9.59 Å². The highest BCUT2D eigenvalue weighted by molar-refractivity contribution is 5.95. The van der Waals surface area contributed by atoms with Crippen LogP contribution in [0.1, 0.15) is 27.3 Å². The summed E-state index contributed by atoms with van der Waals surface area (Å²) >= 11 is 0. The first-order valence-corrected chi connectivity index (χ1v) is 4.58. The molecule has 82 valence electrons. The largest absolute Gasteiger partial charge is 0.477 e. The standard InChI is InChI=1S/C6H6N2O3.C3H7N/c1-8-5(6(10)11)4(3-9)2-7-8;1-2-4-3-1/h2-3H,1H3,(H,10,11);4H,1-3H2. The number of hydrogen-bond donors (Lipinski definition) is 2. The summed E-state index contributed by atoms with van der Waals surface area (Å²) in [7, 11) is 1.47. The molecule has 0 radical (unpaired) electrons. The predicted octanol–water partition coefficient (Wildman–Crippen LogP) is -0.0895. The first kappa shape index (κ1) is 11.4. The van der Waals surface area contributed by atoms with Crippen molar-refractivity contribution in [3.63, 3.8) is 0 Å². The minimum absolute atomic E-state index is 0.0833. The molecular weight excluding hydrogens is 198 g/mol. The molecule has 1 aliphatic heterocycles. The lowest BCUT2D eigenvalue weighted by molar-refractivity contribution is 0.0682. The van der Waals surface area contributed by atoms with Crippen molar-refractivity contribution in [2.75, 3.05) is 13.1 Å². The van der Waals surface area contributed by atoms with Crippen LogP contribution in [0, 0.1) is 0 Å². The van der Waals surface area contributed by atoms with Crippen molar-refractivity contribution in [3.05, 3.63) is 17.5 Å². The summed E-state index contributed by atoms with van der Waals surface area (Å²) in [5.74, 6) is -1.15. The Balaban J connectivity index is 0.000000234. The van der Waals surface area contributed by atoms with Crippen LogP contribution < -0.4 is 5.32 Å². The second-order valence-electron chi connectivity index (χ2n) is 3.10. The lowest BCUT2D eigenvalue weighted by Gasteiger charge is -2.09. The van der Waals surface area contributed by atoms with Crippen molar-refractivity contribution in [1.82, 2.24) is 15.1 Å². The second kappa shape index (κ2) is 5.26. The van der Waals surface area contributed by atoms with E-state index in [0.717, 1.165) is 4.68 Å². The number of carboxylic acids is 1. The van der Waals surface area contributed by atoms with E-state index in [1.165, 1.54) is 32.8 Å². The molecule has 1 saturated heterocycles. The molecule has 0 unspecified atom stereocenters. The molecule has 1 aromatic heterocycles. The number of nitrogens with one attached hydrogen (secondary N) is 1. The van der Waals surface area contributed by atoms with Crippen LogP contribution in [0.2, 0.25) is 0 Å². The molecule has 1 aromatic rings. The summed E-state index contributed by atoms with van der Waals surface area (Å²) < 4.78 is 1.14. The molecule has 1 fully saturated rings. The lowest BCUT2D eigenvalue weighted by atomic mass is 10.3. The Morgan fingerprint density at radius 1 is 1.67 bits per heavy atom. The molecule has 0 atom stereocenters. The molecule has 0 aromatic carbocycles. The number of carbonyl (C=O) groups is 2. The second-order valence-corrected chi connectivity index (χ2v) is 3.10. The van der Waals surface area contributed by atoms with E-state index < -0.39 is 5.97 Å². The third-order valence-corrected chi connectivity index (χ3v) is 2.00. The van der Waals surface area contributed by atoms with Crippen molar-refractivity contribution < 1.29 is 14.7 Å². The quantitative estimate of drug-likeness (QED) is 0.668. The summed E-state index contributed by atoms with van der Waals surface area (Å²) in [6.45, 7) is 2.50. The number of aldehydes is 1. The van der Waals surface area contributed by atoms with Crippen LogP contribution in [0.3, 0.4) is 0 Å². The Morgan fingerprint density at radius 2 is 2.20 bits per heavy atom. The van der Waals surface area contributed by atoms with Crippen molar-refractivity contribution in [1.29, 1.82) is 0 Å². The molecule has 2 rings (SSSR count). The molecule has 6 nitrogen and oxygen atoms in total. The summed E-state index contributed by atoms with van der Waals surface area (Å²) in [6, 6.07) is 0. The Morgan fingerprint density at radius 3 is 2.47 bits per heavy atom. The minimum Gasteiger partial charge on any atom is -0.477 e. The molecule has 2 N–H and O–H groups in total. The van der Waals surface area contributed by atoms with Crippen LogP contribution in [0.25, 0.3) is 0 Å². The van der Waals surface area contributed by atoms with Crippen molar-refractivity contribution in [2.24, 2.45) is 7.05 Å². The van der Waals surface area contributed by atoms with Crippen molar-refractivity contribution >= 4 is 12.3 Å². The fourth-order valence-electron chi connectivity index (χ4n) is 0.979.